The van der Waals surface area contributed by atoms with Gasteiger partial charge in [-0.25, -0.2) is 4.79 Å². The van der Waals surface area contributed by atoms with Crippen LogP contribution < -0.4 is 10.2 Å². The summed E-state index contributed by atoms with van der Waals surface area (Å²) in [6, 6.07) is 8.36. The fourth-order valence-corrected chi connectivity index (χ4v) is 3.40. The van der Waals surface area contributed by atoms with Gasteiger partial charge in [0.25, 0.3) is 0 Å². The molecule has 6 heteroatoms. The largest absolute Gasteiger partial charge is 0.374 e. The number of rotatable bonds is 4. The second-order valence-electron chi connectivity index (χ2n) is 6.81. The molecule has 0 unspecified atom stereocenters. The van der Waals surface area contributed by atoms with Gasteiger partial charge in [-0.15, -0.1) is 0 Å². The van der Waals surface area contributed by atoms with Crippen molar-refractivity contribution in [2.45, 2.75) is 32.7 Å². The predicted molar refractivity (Wildman–Crippen MR) is 97.9 cm³/mol. The lowest BCUT2D eigenvalue weighted by Gasteiger charge is -2.33. The minimum atomic E-state index is -0.0728. The number of fused-ring (bicyclic) bond motifs is 1. The lowest BCUT2D eigenvalue weighted by Crippen LogP contribution is -2.40. The van der Waals surface area contributed by atoms with E-state index in [-0.39, 0.29) is 6.03 Å². The molecule has 0 radical (unpaired) electrons. The average Bonchev–Trinajstić information content (AvgIpc) is 2.93. The normalized spacial score (nSPS) is 16.5. The van der Waals surface area contributed by atoms with E-state index in [2.05, 4.69) is 46.7 Å². The van der Waals surface area contributed by atoms with Crippen LogP contribution in [0.1, 0.15) is 34.9 Å². The molecule has 6 nitrogen and oxygen atoms in total. The van der Waals surface area contributed by atoms with Gasteiger partial charge < -0.3 is 19.6 Å². The Bertz CT molecular complexity index is 736. The van der Waals surface area contributed by atoms with E-state index in [1.54, 1.807) is 11.9 Å². The Morgan fingerprint density at radius 2 is 2.16 bits per heavy atom. The molecule has 1 N–H and O–H groups in total. The number of urea groups is 1. The number of anilines is 1. The van der Waals surface area contributed by atoms with Gasteiger partial charge in [0.05, 0.1) is 12.2 Å². The Morgan fingerprint density at radius 1 is 1.40 bits per heavy atom. The van der Waals surface area contributed by atoms with Crippen molar-refractivity contribution < 1.29 is 9.32 Å². The topological polar surface area (TPSA) is 61.6 Å². The van der Waals surface area contributed by atoms with Gasteiger partial charge in [0, 0.05) is 44.4 Å². The lowest BCUT2D eigenvalue weighted by molar-refractivity contribution is 0.205. The summed E-state index contributed by atoms with van der Waals surface area (Å²) in [6.07, 6.45) is 1.04. The summed E-state index contributed by atoms with van der Waals surface area (Å²) in [5.74, 6) is 1.12. The van der Waals surface area contributed by atoms with Crippen LogP contribution in [0.25, 0.3) is 0 Å². The van der Waals surface area contributed by atoms with Crippen LogP contribution in [0.5, 0.6) is 0 Å². The molecular weight excluding hydrogens is 316 g/mol. The van der Waals surface area contributed by atoms with E-state index in [1.165, 1.54) is 11.3 Å². The SMILES string of the molecule is Cc1noc(C)c1CN(C)C(=O)NC[C@@H]1CCN(C)c2ccccc21. The molecule has 1 aromatic carbocycles. The van der Waals surface area contributed by atoms with E-state index in [1.807, 2.05) is 13.8 Å². The minimum Gasteiger partial charge on any atom is -0.374 e. The smallest absolute Gasteiger partial charge is 0.317 e. The van der Waals surface area contributed by atoms with Crippen molar-refractivity contribution in [3.8, 4) is 0 Å². The number of aryl methyl sites for hydroxylation is 2. The average molecular weight is 342 g/mol. The number of carbonyl (C=O) groups is 1. The Morgan fingerprint density at radius 3 is 2.88 bits per heavy atom. The number of carbonyl (C=O) groups excluding carboxylic acids is 1. The van der Waals surface area contributed by atoms with Crippen LogP contribution in [0.3, 0.4) is 0 Å². The number of benzene rings is 1. The number of aromatic nitrogens is 1. The summed E-state index contributed by atoms with van der Waals surface area (Å²) in [5.41, 5.74) is 4.38. The molecule has 0 saturated carbocycles. The van der Waals surface area contributed by atoms with Gasteiger partial charge in [0.1, 0.15) is 5.76 Å². The highest BCUT2D eigenvalue weighted by Gasteiger charge is 2.24. The van der Waals surface area contributed by atoms with Crippen LogP contribution in [-0.2, 0) is 6.54 Å². The Hall–Kier alpha value is -2.50. The van der Waals surface area contributed by atoms with Crippen molar-refractivity contribution in [1.29, 1.82) is 0 Å². The fraction of sp³-hybridized carbons (Fsp3) is 0.474. The van der Waals surface area contributed by atoms with E-state index in [4.69, 9.17) is 4.52 Å². The van der Waals surface area contributed by atoms with Crippen molar-refractivity contribution in [2.24, 2.45) is 0 Å². The maximum Gasteiger partial charge on any atom is 0.317 e. The van der Waals surface area contributed by atoms with Gasteiger partial charge >= 0.3 is 6.03 Å². The molecule has 2 aromatic rings. The molecule has 2 amide bonds. The van der Waals surface area contributed by atoms with Crippen molar-refractivity contribution in [2.75, 3.05) is 32.1 Å². The quantitative estimate of drug-likeness (QED) is 0.928. The summed E-state index contributed by atoms with van der Waals surface area (Å²) < 4.78 is 5.17. The molecule has 1 atom stereocenters. The first-order chi connectivity index (χ1) is 12.0. The standard InChI is InChI=1S/C19H26N4O2/c1-13-17(14(2)25-21-13)12-23(4)19(24)20-11-15-9-10-22(3)18-8-6-5-7-16(15)18/h5-8,15H,9-12H2,1-4H3,(H,20,24)/t15-/m0/s1. The summed E-state index contributed by atoms with van der Waals surface area (Å²) in [6.45, 7) is 5.92. The van der Waals surface area contributed by atoms with Gasteiger partial charge in [0.15, 0.2) is 0 Å². The molecule has 2 heterocycles. The third-order valence-corrected chi connectivity index (χ3v) is 5.02. The zero-order valence-electron chi connectivity index (χ0n) is 15.4. The van der Waals surface area contributed by atoms with Crippen LogP contribution >= 0.6 is 0 Å². The van der Waals surface area contributed by atoms with E-state index in [9.17, 15) is 4.79 Å². The lowest BCUT2D eigenvalue weighted by atomic mass is 9.90. The number of nitrogens with one attached hydrogen (secondary N) is 1. The highest BCUT2D eigenvalue weighted by atomic mass is 16.5. The van der Waals surface area contributed by atoms with Crippen molar-refractivity contribution in [1.82, 2.24) is 15.4 Å². The Labute approximate surface area is 148 Å². The molecule has 0 saturated heterocycles. The van der Waals surface area contributed by atoms with E-state index >= 15 is 0 Å². The number of hydrogen-bond acceptors (Lipinski definition) is 4. The molecule has 1 aliphatic heterocycles. The predicted octanol–water partition coefficient (Wildman–Crippen LogP) is 3.06. The number of para-hydroxylation sites is 1. The number of amides is 2. The molecule has 0 fully saturated rings. The summed E-state index contributed by atoms with van der Waals surface area (Å²) >= 11 is 0. The first-order valence-electron chi connectivity index (χ1n) is 8.68. The zero-order chi connectivity index (χ0) is 18.0. The van der Waals surface area contributed by atoms with E-state index in [0.29, 0.717) is 19.0 Å². The summed E-state index contributed by atoms with van der Waals surface area (Å²) in [7, 11) is 3.91. The maximum atomic E-state index is 12.5. The van der Waals surface area contributed by atoms with Crippen LogP contribution in [0, 0.1) is 13.8 Å². The Kier molecular flexibility index (Phi) is 4.97. The van der Waals surface area contributed by atoms with Gasteiger partial charge in [0.2, 0.25) is 0 Å². The number of nitrogens with zero attached hydrogens (tertiary/aromatic N) is 3. The summed E-state index contributed by atoms with van der Waals surface area (Å²) in [4.78, 5) is 16.4. The molecule has 0 aliphatic carbocycles. The van der Waals surface area contributed by atoms with Crippen molar-refractivity contribution in [3.63, 3.8) is 0 Å². The van der Waals surface area contributed by atoms with Gasteiger partial charge in [-0.3, -0.25) is 0 Å². The zero-order valence-corrected chi connectivity index (χ0v) is 15.4. The first kappa shape index (κ1) is 17.3. The Balaban J connectivity index is 1.60. The molecule has 25 heavy (non-hydrogen) atoms. The van der Waals surface area contributed by atoms with Gasteiger partial charge in [-0.1, -0.05) is 23.4 Å². The van der Waals surface area contributed by atoms with Crippen molar-refractivity contribution >= 4 is 11.7 Å². The second-order valence-corrected chi connectivity index (χ2v) is 6.81. The van der Waals surface area contributed by atoms with Crippen LogP contribution in [0.15, 0.2) is 28.8 Å². The van der Waals surface area contributed by atoms with E-state index < -0.39 is 0 Å². The summed E-state index contributed by atoms with van der Waals surface area (Å²) in [5, 5.41) is 7.02. The molecule has 0 spiro atoms. The molecule has 134 valence electrons. The van der Waals surface area contributed by atoms with Crippen LogP contribution in [0.2, 0.25) is 0 Å². The minimum absolute atomic E-state index is 0.0728. The third kappa shape index (κ3) is 3.62. The maximum absolute atomic E-state index is 12.5. The molecule has 0 bridgehead atoms. The van der Waals surface area contributed by atoms with Crippen molar-refractivity contribution in [3.05, 3.63) is 46.8 Å². The highest BCUT2D eigenvalue weighted by molar-refractivity contribution is 5.74. The first-order valence-corrected chi connectivity index (χ1v) is 8.68. The van der Waals surface area contributed by atoms with Crippen LogP contribution in [-0.4, -0.2) is 43.3 Å². The van der Waals surface area contributed by atoms with E-state index in [0.717, 1.165) is 30.0 Å². The second kappa shape index (κ2) is 7.17. The third-order valence-electron chi connectivity index (χ3n) is 5.02. The fourth-order valence-electron chi connectivity index (χ4n) is 3.40. The molecule has 1 aromatic heterocycles. The molecule has 1 aliphatic rings. The van der Waals surface area contributed by atoms with Gasteiger partial charge in [-0.2, -0.15) is 0 Å². The van der Waals surface area contributed by atoms with Crippen LogP contribution in [0.4, 0.5) is 10.5 Å². The monoisotopic (exact) mass is 342 g/mol. The molecule has 3 rings (SSSR count). The highest BCUT2D eigenvalue weighted by Crippen LogP contribution is 2.33. The molecular formula is C19H26N4O2. The number of hydrogen-bond donors (Lipinski definition) is 1. The van der Waals surface area contributed by atoms with Gasteiger partial charge in [-0.05, 0) is 31.9 Å².